The van der Waals surface area contributed by atoms with Crippen LogP contribution < -0.4 is 5.32 Å². The van der Waals surface area contributed by atoms with Crippen LogP contribution in [0.3, 0.4) is 0 Å². The van der Waals surface area contributed by atoms with Crippen LogP contribution in [0, 0.1) is 0 Å². The van der Waals surface area contributed by atoms with Crippen LogP contribution in [0.1, 0.15) is 11.9 Å². The van der Waals surface area contributed by atoms with Crippen molar-refractivity contribution in [3.63, 3.8) is 0 Å². The quantitative estimate of drug-likeness (QED) is 0.553. The lowest BCUT2D eigenvalue weighted by molar-refractivity contribution is 0.158. The second-order valence-electron chi connectivity index (χ2n) is 3.11. The molecule has 1 aromatic rings. The molecule has 78 valence electrons. The molecular weight excluding hydrogens is 196 g/mol. The van der Waals surface area contributed by atoms with E-state index in [1.54, 1.807) is 11.3 Å². The molecule has 0 aliphatic heterocycles. The SMILES string of the molecule is C=C(C)COCCNCc1nccs1. The summed E-state index contributed by atoms with van der Waals surface area (Å²) in [5.41, 5.74) is 1.06. The van der Waals surface area contributed by atoms with E-state index in [9.17, 15) is 0 Å². The van der Waals surface area contributed by atoms with Crippen LogP contribution >= 0.6 is 11.3 Å². The van der Waals surface area contributed by atoms with Gasteiger partial charge in [0.05, 0.1) is 13.2 Å². The zero-order chi connectivity index (χ0) is 10.2. The molecule has 0 aliphatic carbocycles. The maximum atomic E-state index is 5.34. The molecule has 0 aromatic carbocycles. The maximum absolute atomic E-state index is 5.34. The van der Waals surface area contributed by atoms with Crippen LogP contribution in [-0.4, -0.2) is 24.7 Å². The Morgan fingerprint density at radius 2 is 2.57 bits per heavy atom. The summed E-state index contributed by atoms with van der Waals surface area (Å²) in [5, 5.41) is 6.35. The highest BCUT2D eigenvalue weighted by molar-refractivity contribution is 7.09. The smallest absolute Gasteiger partial charge is 0.106 e. The molecule has 14 heavy (non-hydrogen) atoms. The van der Waals surface area contributed by atoms with Gasteiger partial charge in [-0.25, -0.2) is 4.98 Å². The molecule has 0 radical (unpaired) electrons. The predicted octanol–water partition coefficient (Wildman–Crippen LogP) is 1.83. The predicted molar refractivity (Wildman–Crippen MR) is 59.5 cm³/mol. The number of hydrogen-bond donors (Lipinski definition) is 1. The van der Waals surface area contributed by atoms with Gasteiger partial charge in [0.1, 0.15) is 5.01 Å². The lowest BCUT2D eigenvalue weighted by atomic mass is 10.4. The number of ether oxygens (including phenoxy) is 1. The lowest BCUT2D eigenvalue weighted by Crippen LogP contribution is -2.19. The van der Waals surface area contributed by atoms with Crippen molar-refractivity contribution in [1.82, 2.24) is 10.3 Å². The fourth-order valence-electron chi connectivity index (χ4n) is 0.926. The Morgan fingerprint density at radius 3 is 3.21 bits per heavy atom. The summed E-state index contributed by atoms with van der Waals surface area (Å²) in [6.07, 6.45) is 1.82. The molecule has 1 rings (SSSR count). The molecule has 1 N–H and O–H groups in total. The molecule has 0 fully saturated rings. The standard InChI is InChI=1S/C10H16N2OS/c1-9(2)8-13-5-3-11-7-10-12-4-6-14-10/h4,6,11H,1,3,5,7-8H2,2H3. The van der Waals surface area contributed by atoms with E-state index in [4.69, 9.17) is 4.74 Å². The van der Waals surface area contributed by atoms with E-state index in [1.807, 2.05) is 18.5 Å². The molecule has 3 nitrogen and oxygen atoms in total. The summed E-state index contributed by atoms with van der Waals surface area (Å²) < 4.78 is 5.34. The number of aromatic nitrogens is 1. The highest BCUT2D eigenvalue weighted by Crippen LogP contribution is 2.01. The molecule has 0 saturated heterocycles. The molecule has 0 saturated carbocycles. The van der Waals surface area contributed by atoms with Gasteiger partial charge in [0.25, 0.3) is 0 Å². The zero-order valence-electron chi connectivity index (χ0n) is 8.45. The van der Waals surface area contributed by atoms with Gasteiger partial charge in [0, 0.05) is 24.7 Å². The van der Waals surface area contributed by atoms with E-state index in [1.165, 1.54) is 0 Å². The average molecular weight is 212 g/mol. The summed E-state index contributed by atoms with van der Waals surface area (Å²) in [6, 6.07) is 0. The van der Waals surface area contributed by atoms with Gasteiger partial charge in [-0.05, 0) is 6.92 Å². The Labute approximate surface area is 88.8 Å². The normalized spacial score (nSPS) is 10.4. The third-order valence-corrected chi connectivity index (χ3v) is 2.31. The van der Waals surface area contributed by atoms with Crippen molar-refractivity contribution >= 4 is 11.3 Å². The van der Waals surface area contributed by atoms with Crippen LogP contribution in [0.15, 0.2) is 23.7 Å². The third-order valence-electron chi connectivity index (χ3n) is 1.53. The number of thiazole rings is 1. The minimum absolute atomic E-state index is 0.652. The van der Waals surface area contributed by atoms with Crippen molar-refractivity contribution in [1.29, 1.82) is 0 Å². The maximum Gasteiger partial charge on any atom is 0.106 e. The van der Waals surface area contributed by atoms with Gasteiger partial charge in [-0.2, -0.15) is 0 Å². The van der Waals surface area contributed by atoms with Gasteiger partial charge < -0.3 is 10.1 Å². The van der Waals surface area contributed by atoms with Crippen molar-refractivity contribution in [2.24, 2.45) is 0 Å². The average Bonchev–Trinajstić information content (AvgIpc) is 2.63. The molecular formula is C10H16N2OS. The highest BCUT2D eigenvalue weighted by Gasteiger charge is 1.93. The van der Waals surface area contributed by atoms with Gasteiger partial charge >= 0.3 is 0 Å². The summed E-state index contributed by atoms with van der Waals surface area (Å²) >= 11 is 1.66. The minimum atomic E-state index is 0.652. The zero-order valence-corrected chi connectivity index (χ0v) is 9.27. The third kappa shape index (κ3) is 5.11. The Bertz CT molecular complexity index is 259. The van der Waals surface area contributed by atoms with Gasteiger partial charge in [0.2, 0.25) is 0 Å². The van der Waals surface area contributed by atoms with E-state index in [0.717, 1.165) is 30.3 Å². The molecule has 0 aliphatic rings. The van der Waals surface area contributed by atoms with Crippen LogP contribution in [-0.2, 0) is 11.3 Å². The number of nitrogens with zero attached hydrogens (tertiary/aromatic N) is 1. The molecule has 1 heterocycles. The molecule has 0 atom stereocenters. The highest BCUT2D eigenvalue weighted by atomic mass is 32.1. The second kappa shape index (κ2) is 6.70. The van der Waals surface area contributed by atoms with Gasteiger partial charge in [0.15, 0.2) is 0 Å². The summed E-state index contributed by atoms with van der Waals surface area (Å²) in [5.74, 6) is 0. The first-order chi connectivity index (χ1) is 6.79. The van der Waals surface area contributed by atoms with Crippen LogP contribution in [0.5, 0.6) is 0 Å². The fraction of sp³-hybridized carbons (Fsp3) is 0.500. The number of rotatable bonds is 7. The Hall–Kier alpha value is -0.710. The number of nitrogens with one attached hydrogen (secondary N) is 1. The first kappa shape index (κ1) is 11.4. The summed E-state index contributed by atoms with van der Waals surface area (Å²) in [6.45, 7) is 8.77. The van der Waals surface area contributed by atoms with Crippen molar-refractivity contribution < 1.29 is 4.74 Å². The molecule has 0 bridgehead atoms. The summed E-state index contributed by atoms with van der Waals surface area (Å²) in [4.78, 5) is 4.16. The monoisotopic (exact) mass is 212 g/mol. The second-order valence-corrected chi connectivity index (χ2v) is 4.09. The molecule has 0 spiro atoms. The molecule has 1 aromatic heterocycles. The van der Waals surface area contributed by atoms with Crippen LogP contribution in [0.4, 0.5) is 0 Å². The minimum Gasteiger partial charge on any atom is -0.376 e. The Morgan fingerprint density at radius 1 is 1.71 bits per heavy atom. The topological polar surface area (TPSA) is 34.1 Å². The van der Waals surface area contributed by atoms with Gasteiger partial charge in [-0.1, -0.05) is 12.2 Å². The Kier molecular flexibility index (Phi) is 5.44. The van der Waals surface area contributed by atoms with Crippen molar-refractivity contribution in [3.8, 4) is 0 Å². The molecule has 0 unspecified atom stereocenters. The largest absolute Gasteiger partial charge is 0.376 e. The number of hydrogen-bond acceptors (Lipinski definition) is 4. The lowest BCUT2D eigenvalue weighted by Gasteiger charge is -2.04. The van der Waals surface area contributed by atoms with Gasteiger partial charge in [-0.15, -0.1) is 11.3 Å². The first-order valence-electron chi connectivity index (χ1n) is 4.60. The van der Waals surface area contributed by atoms with Gasteiger partial charge in [-0.3, -0.25) is 0 Å². The van der Waals surface area contributed by atoms with Crippen LogP contribution in [0.25, 0.3) is 0 Å². The van der Waals surface area contributed by atoms with E-state index >= 15 is 0 Å². The van der Waals surface area contributed by atoms with E-state index in [2.05, 4.69) is 16.9 Å². The first-order valence-corrected chi connectivity index (χ1v) is 5.48. The van der Waals surface area contributed by atoms with Crippen molar-refractivity contribution in [2.75, 3.05) is 19.8 Å². The molecule has 4 heteroatoms. The summed E-state index contributed by atoms with van der Waals surface area (Å²) in [7, 11) is 0. The van der Waals surface area contributed by atoms with E-state index < -0.39 is 0 Å². The van der Waals surface area contributed by atoms with Crippen molar-refractivity contribution in [3.05, 3.63) is 28.7 Å². The van der Waals surface area contributed by atoms with Crippen molar-refractivity contribution in [2.45, 2.75) is 13.5 Å². The van der Waals surface area contributed by atoms with E-state index in [-0.39, 0.29) is 0 Å². The fourth-order valence-corrected chi connectivity index (χ4v) is 1.51. The Balaban J connectivity index is 1.92. The van der Waals surface area contributed by atoms with E-state index in [0.29, 0.717) is 6.61 Å². The van der Waals surface area contributed by atoms with Crippen LogP contribution in [0.2, 0.25) is 0 Å². The molecule has 0 amide bonds.